The maximum atomic E-state index is 11.6. The van der Waals surface area contributed by atoms with Crippen molar-refractivity contribution in [3.63, 3.8) is 0 Å². The molecule has 98 valence electrons. The van der Waals surface area contributed by atoms with E-state index in [0.29, 0.717) is 23.6 Å². The van der Waals surface area contributed by atoms with Crippen LogP contribution in [0, 0.1) is 0 Å². The third-order valence-corrected chi connectivity index (χ3v) is 3.50. The third-order valence-electron chi connectivity index (χ3n) is 2.72. The van der Waals surface area contributed by atoms with Gasteiger partial charge in [-0.1, -0.05) is 34.1 Å². The minimum atomic E-state index is -0.0607. The number of anilines is 1. The molecule has 0 aromatic heterocycles. The predicted molar refractivity (Wildman–Crippen MR) is 79.3 cm³/mol. The molecular weight excluding hydrogens is 306 g/mol. The van der Waals surface area contributed by atoms with Crippen molar-refractivity contribution in [3.8, 4) is 5.75 Å². The number of benzene rings is 2. The molecule has 2 N–H and O–H groups in total. The Hall–Kier alpha value is -1.81. The number of nitrogen functional groups attached to an aromatic ring is 1. The molecule has 4 heteroatoms. The van der Waals surface area contributed by atoms with Crippen LogP contribution in [0.15, 0.2) is 46.9 Å². The van der Waals surface area contributed by atoms with Crippen molar-refractivity contribution < 1.29 is 9.53 Å². The van der Waals surface area contributed by atoms with E-state index in [2.05, 4.69) is 15.9 Å². The zero-order valence-corrected chi connectivity index (χ0v) is 12.1. The molecule has 0 aliphatic rings. The first-order chi connectivity index (χ1) is 9.08. The Bertz CT molecular complexity index is 611. The summed E-state index contributed by atoms with van der Waals surface area (Å²) in [7, 11) is 0. The van der Waals surface area contributed by atoms with Gasteiger partial charge in [-0.2, -0.15) is 0 Å². The number of hydrogen-bond acceptors (Lipinski definition) is 3. The van der Waals surface area contributed by atoms with Gasteiger partial charge in [-0.25, -0.2) is 0 Å². The van der Waals surface area contributed by atoms with Gasteiger partial charge in [0.05, 0.1) is 5.56 Å². The fourth-order valence-electron chi connectivity index (χ4n) is 1.72. The van der Waals surface area contributed by atoms with Crippen molar-refractivity contribution in [3.05, 3.63) is 58.1 Å². The molecule has 0 bridgehead atoms. The standard InChI is InChI=1S/C15H14BrNO2/c1-10(18)13-8-12(17)6-7-15(13)19-9-11-4-2-3-5-14(11)16/h2-8H,9,17H2,1H3. The highest BCUT2D eigenvalue weighted by Gasteiger charge is 2.09. The molecule has 0 aliphatic carbocycles. The Balaban J connectivity index is 2.20. The third kappa shape index (κ3) is 3.35. The summed E-state index contributed by atoms with van der Waals surface area (Å²) < 4.78 is 6.70. The van der Waals surface area contributed by atoms with E-state index < -0.39 is 0 Å². The molecule has 0 fully saturated rings. The first-order valence-electron chi connectivity index (χ1n) is 5.84. The molecule has 0 amide bonds. The van der Waals surface area contributed by atoms with Gasteiger partial charge < -0.3 is 10.5 Å². The van der Waals surface area contributed by atoms with Gasteiger partial charge in [-0.05, 0) is 31.2 Å². The molecule has 2 rings (SSSR count). The van der Waals surface area contributed by atoms with Crippen LogP contribution in [0.2, 0.25) is 0 Å². The van der Waals surface area contributed by atoms with Crippen LogP contribution < -0.4 is 10.5 Å². The van der Waals surface area contributed by atoms with Crippen LogP contribution in [-0.4, -0.2) is 5.78 Å². The minimum absolute atomic E-state index is 0.0607. The van der Waals surface area contributed by atoms with Crippen molar-refractivity contribution in [1.82, 2.24) is 0 Å². The van der Waals surface area contributed by atoms with E-state index in [-0.39, 0.29) is 5.78 Å². The highest BCUT2D eigenvalue weighted by molar-refractivity contribution is 9.10. The van der Waals surface area contributed by atoms with Crippen molar-refractivity contribution in [2.75, 3.05) is 5.73 Å². The minimum Gasteiger partial charge on any atom is -0.488 e. The highest BCUT2D eigenvalue weighted by Crippen LogP contribution is 2.24. The average Bonchev–Trinajstić information content (AvgIpc) is 2.38. The van der Waals surface area contributed by atoms with E-state index in [0.717, 1.165) is 10.0 Å². The molecule has 0 radical (unpaired) electrons. The van der Waals surface area contributed by atoms with E-state index in [1.54, 1.807) is 18.2 Å². The van der Waals surface area contributed by atoms with Crippen molar-refractivity contribution in [2.45, 2.75) is 13.5 Å². The maximum absolute atomic E-state index is 11.6. The average molecular weight is 320 g/mol. The molecule has 3 nitrogen and oxygen atoms in total. The van der Waals surface area contributed by atoms with Crippen LogP contribution >= 0.6 is 15.9 Å². The Kier molecular flexibility index (Phi) is 4.22. The summed E-state index contributed by atoms with van der Waals surface area (Å²) in [6, 6.07) is 12.9. The van der Waals surface area contributed by atoms with Gasteiger partial charge in [-0.3, -0.25) is 4.79 Å². The SMILES string of the molecule is CC(=O)c1cc(N)ccc1OCc1ccccc1Br. The number of ketones is 1. The molecule has 0 aliphatic heterocycles. The van der Waals surface area contributed by atoms with Gasteiger partial charge in [0.1, 0.15) is 12.4 Å². The molecule has 0 saturated heterocycles. The quantitative estimate of drug-likeness (QED) is 0.688. The Morgan fingerprint density at radius 3 is 2.68 bits per heavy atom. The van der Waals surface area contributed by atoms with E-state index >= 15 is 0 Å². The van der Waals surface area contributed by atoms with E-state index in [4.69, 9.17) is 10.5 Å². The second-order valence-electron chi connectivity index (χ2n) is 4.19. The summed E-state index contributed by atoms with van der Waals surface area (Å²) >= 11 is 3.46. The van der Waals surface area contributed by atoms with Gasteiger partial charge >= 0.3 is 0 Å². The van der Waals surface area contributed by atoms with Gasteiger partial charge in [-0.15, -0.1) is 0 Å². The molecule has 19 heavy (non-hydrogen) atoms. The zero-order chi connectivity index (χ0) is 13.8. The second-order valence-corrected chi connectivity index (χ2v) is 5.05. The molecule has 0 saturated carbocycles. The second kappa shape index (κ2) is 5.89. The molecule has 0 unspecified atom stereocenters. The zero-order valence-electron chi connectivity index (χ0n) is 10.5. The largest absolute Gasteiger partial charge is 0.488 e. The van der Waals surface area contributed by atoms with Crippen LogP contribution in [0.1, 0.15) is 22.8 Å². The summed E-state index contributed by atoms with van der Waals surface area (Å²) in [5.41, 5.74) is 7.76. The summed E-state index contributed by atoms with van der Waals surface area (Å²) in [4.78, 5) is 11.6. The fraction of sp³-hybridized carbons (Fsp3) is 0.133. The van der Waals surface area contributed by atoms with Crippen LogP contribution in [0.25, 0.3) is 0 Å². The number of hydrogen-bond donors (Lipinski definition) is 1. The van der Waals surface area contributed by atoms with Gasteiger partial charge in [0.2, 0.25) is 0 Å². The van der Waals surface area contributed by atoms with Gasteiger partial charge in [0.15, 0.2) is 5.78 Å². The Morgan fingerprint density at radius 2 is 2.00 bits per heavy atom. The first kappa shape index (κ1) is 13.6. The number of nitrogens with two attached hydrogens (primary N) is 1. The Morgan fingerprint density at radius 1 is 1.26 bits per heavy atom. The summed E-state index contributed by atoms with van der Waals surface area (Å²) in [6.07, 6.45) is 0. The summed E-state index contributed by atoms with van der Waals surface area (Å²) in [5, 5.41) is 0. The van der Waals surface area contributed by atoms with E-state index in [9.17, 15) is 4.79 Å². The predicted octanol–water partition coefficient (Wildman–Crippen LogP) is 3.81. The lowest BCUT2D eigenvalue weighted by atomic mass is 10.1. The van der Waals surface area contributed by atoms with Crippen LogP contribution in [-0.2, 0) is 6.61 Å². The number of ether oxygens (including phenoxy) is 1. The van der Waals surface area contributed by atoms with Crippen LogP contribution in [0.5, 0.6) is 5.75 Å². The summed E-state index contributed by atoms with van der Waals surface area (Å²) in [6.45, 7) is 1.89. The number of halogens is 1. The van der Waals surface area contributed by atoms with Crippen molar-refractivity contribution in [2.24, 2.45) is 0 Å². The molecule has 2 aromatic rings. The van der Waals surface area contributed by atoms with Crippen LogP contribution in [0.3, 0.4) is 0 Å². The van der Waals surface area contributed by atoms with Crippen LogP contribution in [0.4, 0.5) is 5.69 Å². The van der Waals surface area contributed by atoms with Crippen molar-refractivity contribution in [1.29, 1.82) is 0 Å². The van der Waals surface area contributed by atoms with Gasteiger partial charge in [0, 0.05) is 15.7 Å². The topological polar surface area (TPSA) is 52.3 Å². The Labute approximate surface area is 120 Å². The number of rotatable bonds is 4. The number of carbonyl (C=O) groups excluding carboxylic acids is 1. The lowest BCUT2D eigenvalue weighted by Gasteiger charge is -2.11. The van der Waals surface area contributed by atoms with Crippen molar-refractivity contribution >= 4 is 27.4 Å². The number of Topliss-reactive ketones (excluding diaryl/α,β-unsaturated/α-hetero) is 1. The lowest BCUT2D eigenvalue weighted by molar-refractivity contribution is 0.101. The fourth-order valence-corrected chi connectivity index (χ4v) is 2.12. The first-order valence-corrected chi connectivity index (χ1v) is 6.64. The smallest absolute Gasteiger partial charge is 0.163 e. The van der Waals surface area contributed by atoms with Gasteiger partial charge in [0.25, 0.3) is 0 Å². The molecule has 0 spiro atoms. The molecule has 2 aromatic carbocycles. The molecular formula is C15H14BrNO2. The molecule has 0 atom stereocenters. The molecule has 0 heterocycles. The normalized spacial score (nSPS) is 10.2. The van der Waals surface area contributed by atoms with E-state index in [1.165, 1.54) is 6.92 Å². The highest BCUT2D eigenvalue weighted by atomic mass is 79.9. The summed E-state index contributed by atoms with van der Waals surface area (Å²) in [5.74, 6) is 0.492. The maximum Gasteiger partial charge on any atom is 0.163 e. The number of carbonyl (C=O) groups is 1. The lowest BCUT2D eigenvalue weighted by Crippen LogP contribution is -2.03. The monoisotopic (exact) mass is 319 g/mol. The van der Waals surface area contributed by atoms with E-state index in [1.807, 2.05) is 24.3 Å².